The summed E-state index contributed by atoms with van der Waals surface area (Å²) in [6.45, 7) is 4.69. The van der Waals surface area contributed by atoms with Crippen LogP contribution in [-0.2, 0) is 11.8 Å². The van der Waals surface area contributed by atoms with Gasteiger partial charge in [0.1, 0.15) is 0 Å². The highest BCUT2D eigenvalue weighted by atomic mass is 15.0. The molecule has 1 fully saturated rings. The van der Waals surface area contributed by atoms with Crippen LogP contribution in [0, 0.1) is 0 Å². The van der Waals surface area contributed by atoms with E-state index in [2.05, 4.69) is 67.9 Å². The zero-order valence-corrected chi connectivity index (χ0v) is 10.5. The average Bonchev–Trinajstić information content (AvgIpc) is 2.88. The van der Waals surface area contributed by atoms with E-state index in [4.69, 9.17) is 0 Å². The molecule has 1 aliphatic heterocycles. The Labute approximate surface area is 103 Å². The summed E-state index contributed by atoms with van der Waals surface area (Å²) >= 11 is 0. The summed E-state index contributed by atoms with van der Waals surface area (Å²) < 4.78 is 0. The van der Waals surface area contributed by atoms with Gasteiger partial charge in [0.2, 0.25) is 0 Å². The summed E-state index contributed by atoms with van der Waals surface area (Å²) in [6.07, 6.45) is 10.8. The van der Waals surface area contributed by atoms with Crippen molar-refractivity contribution in [2.24, 2.45) is 0 Å². The first-order valence-corrected chi connectivity index (χ1v) is 6.33. The fourth-order valence-corrected chi connectivity index (χ4v) is 3.06. The maximum atomic E-state index is 3.55. The number of benzene rings is 1. The Morgan fingerprint density at radius 1 is 1.12 bits per heavy atom. The molecule has 0 amide bonds. The molecule has 2 atom stereocenters. The third-order valence-electron chi connectivity index (χ3n) is 4.49. The Bertz CT molecular complexity index is 500. The molecule has 2 unspecified atom stereocenters. The smallest absolute Gasteiger partial charge is 0.0444 e. The molecule has 1 nitrogen and oxygen atoms in total. The largest absolute Gasteiger partial charge is 0.385 e. The summed E-state index contributed by atoms with van der Waals surface area (Å²) in [5.41, 5.74) is 3.46. The highest BCUT2D eigenvalue weighted by molar-refractivity contribution is 5.46. The van der Waals surface area contributed by atoms with Gasteiger partial charge in [-0.25, -0.2) is 0 Å². The molecule has 2 aliphatic rings. The van der Waals surface area contributed by atoms with Gasteiger partial charge >= 0.3 is 0 Å². The monoisotopic (exact) mass is 225 g/mol. The summed E-state index contributed by atoms with van der Waals surface area (Å²) in [5.74, 6) is 0. The average molecular weight is 225 g/mol. The molecule has 3 rings (SSSR count). The molecule has 1 aromatic rings. The lowest BCUT2D eigenvalue weighted by Crippen LogP contribution is -2.31. The molecule has 1 heteroatoms. The van der Waals surface area contributed by atoms with Gasteiger partial charge in [-0.2, -0.15) is 0 Å². The minimum absolute atomic E-state index is 0.213. The first kappa shape index (κ1) is 10.6. The Kier molecular flexibility index (Phi) is 2.19. The van der Waals surface area contributed by atoms with Crippen LogP contribution >= 0.6 is 0 Å². The summed E-state index contributed by atoms with van der Waals surface area (Å²) in [6, 6.07) is 8.86. The molecule has 0 spiro atoms. The molecule has 88 valence electrons. The van der Waals surface area contributed by atoms with Crippen LogP contribution in [0.2, 0.25) is 0 Å². The van der Waals surface area contributed by atoms with Crippen LogP contribution in [0.3, 0.4) is 0 Å². The predicted octanol–water partition coefficient (Wildman–Crippen LogP) is 3.32. The number of rotatable bonds is 0. The van der Waals surface area contributed by atoms with Gasteiger partial charge in [-0.1, -0.05) is 43.3 Å². The van der Waals surface area contributed by atoms with Crippen molar-refractivity contribution in [2.75, 3.05) is 0 Å². The van der Waals surface area contributed by atoms with Crippen LogP contribution in [0.15, 0.2) is 48.7 Å². The minimum atomic E-state index is 0.213. The molecular formula is C16H19N. The SMILES string of the molecule is CC12CC1(C)c1ccccc1C/C=C\C=C/N2. The van der Waals surface area contributed by atoms with Crippen molar-refractivity contribution in [3.8, 4) is 0 Å². The van der Waals surface area contributed by atoms with Gasteiger partial charge in [0.25, 0.3) is 0 Å². The van der Waals surface area contributed by atoms with Crippen LogP contribution in [-0.4, -0.2) is 5.54 Å². The number of hydrogen-bond donors (Lipinski definition) is 1. The molecule has 1 saturated carbocycles. The number of nitrogens with one attached hydrogen (secondary N) is 1. The second-order valence-electron chi connectivity index (χ2n) is 5.63. The predicted molar refractivity (Wildman–Crippen MR) is 71.9 cm³/mol. The topological polar surface area (TPSA) is 12.0 Å². The molecule has 0 aromatic heterocycles. The lowest BCUT2D eigenvalue weighted by molar-refractivity contribution is 0.535. The molecule has 1 heterocycles. The molecule has 1 N–H and O–H groups in total. The Balaban J connectivity index is 2.10. The fraction of sp³-hybridized carbons (Fsp3) is 0.375. The van der Waals surface area contributed by atoms with E-state index >= 15 is 0 Å². The van der Waals surface area contributed by atoms with Crippen LogP contribution in [0.1, 0.15) is 31.4 Å². The first-order valence-electron chi connectivity index (χ1n) is 6.33. The number of fused-ring (bicyclic) bond motifs is 3. The van der Waals surface area contributed by atoms with Gasteiger partial charge in [-0.15, -0.1) is 0 Å². The molecule has 0 saturated heterocycles. The van der Waals surface area contributed by atoms with Crippen LogP contribution in [0.5, 0.6) is 0 Å². The van der Waals surface area contributed by atoms with Crippen molar-refractivity contribution in [3.63, 3.8) is 0 Å². The van der Waals surface area contributed by atoms with Gasteiger partial charge in [0.15, 0.2) is 0 Å². The molecular weight excluding hydrogens is 206 g/mol. The van der Waals surface area contributed by atoms with Gasteiger partial charge in [-0.3, -0.25) is 0 Å². The highest BCUT2D eigenvalue weighted by Crippen LogP contribution is 2.58. The fourth-order valence-electron chi connectivity index (χ4n) is 3.06. The van der Waals surface area contributed by atoms with Crippen molar-refractivity contribution in [2.45, 2.75) is 37.6 Å². The van der Waals surface area contributed by atoms with Gasteiger partial charge < -0.3 is 5.32 Å². The molecule has 17 heavy (non-hydrogen) atoms. The summed E-state index contributed by atoms with van der Waals surface area (Å²) in [7, 11) is 0. The van der Waals surface area contributed by atoms with Gasteiger partial charge in [-0.05, 0) is 43.2 Å². The molecule has 1 aromatic carbocycles. The van der Waals surface area contributed by atoms with E-state index in [1.54, 1.807) is 0 Å². The highest BCUT2D eigenvalue weighted by Gasteiger charge is 2.62. The lowest BCUT2D eigenvalue weighted by Gasteiger charge is -2.22. The second-order valence-corrected chi connectivity index (χ2v) is 5.63. The summed E-state index contributed by atoms with van der Waals surface area (Å²) in [5, 5.41) is 3.55. The number of allylic oxidation sites excluding steroid dienone is 3. The molecule has 0 bridgehead atoms. The molecule has 0 radical (unpaired) electrons. The Morgan fingerprint density at radius 3 is 2.82 bits per heavy atom. The van der Waals surface area contributed by atoms with Crippen LogP contribution < -0.4 is 5.32 Å². The first-order chi connectivity index (χ1) is 8.16. The van der Waals surface area contributed by atoms with Crippen molar-refractivity contribution in [3.05, 3.63) is 59.8 Å². The van der Waals surface area contributed by atoms with Gasteiger partial charge in [0, 0.05) is 11.0 Å². The van der Waals surface area contributed by atoms with E-state index in [9.17, 15) is 0 Å². The van der Waals surface area contributed by atoms with E-state index < -0.39 is 0 Å². The standard InChI is InChI=1S/C16H19N/c1-15-12-16(15,2)17-11-7-3-4-8-13-9-5-6-10-14(13)15/h3-7,9-11,17H,8,12H2,1-2H3/b4-3-,11-7-. The van der Waals surface area contributed by atoms with E-state index in [0.717, 1.165) is 6.42 Å². The lowest BCUT2D eigenvalue weighted by atomic mass is 9.87. The van der Waals surface area contributed by atoms with Crippen LogP contribution in [0.4, 0.5) is 0 Å². The van der Waals surface area contributed by atoms with Crippen molar-refractivity contribution < 1.29 is 0 Å². The maximum Gasteiger partial charge on any atom is 0.0444 e. The second kappa shape index (κ2) is 3.49. The third-order valence-corrected chi connectivity index (χ3v) is 4.49. The van der Waals surface area contributed by atoms with E-state index in [-0.39, 0.29) is 11.0 Å². The van der Waals surface area contributed by atoms with Crippen LogP contribution in [0.25, 0.3) is 0 Å². The summed E-state index contributed by atoms with van der Waals surface area (Å²) in [4.78, 5) is 0. The van der Waals surface area contributed by atoms with E-state index in [0.29, 0.717) is 0 Å². The minimum Gasteiger partial charge on any atom is -0.385 e. The molecule has 1 aliphatic carbocycles. The Morgan fingerprint density at radius 2 is 1.94 bits per heavy atom. The normalized spacial score (nSPS) is 38.2. The maximum absolute atomic E-state index is 3.55. The van der Waals surface area contributed by atoms with E-state index in [1.165, 1.54) is 17.5 Å². The number of hydrogen-bond acceptors (Lipinski definition) is 1. The quantitative estimate of drug-likeness (QED) is 0.714. The van der Waals surface area contributed by atoms with E-state index in [1.807, 2.05) is 0 Å². The van der Waals surface area contributed by atoms with Gasteiger partial charge in [0.05, 0.1) is 0 Å². The third kappa shape index (κ3) is 1.53. The Hall–Kier alpha value is -1.50. The zero-order chi connectivity index (χ0) is 11.9. The van der Waals surface area contributed by atoms with Crippen molar-refractivity contribution in [1.82, 2.24) is 5.32 Å². The van der Waals surface area contributed by atoms with Crippen molar-refractivity contribution in [1.29, 1.82) is 0 Å². The zero-order valence-electron chi connectivity index (χ0n) is 10.5. The van der Waals surface area contributed by atoms with Crippen molar-refractivity contribution >= 4 is 0 Å².